The summed E-state index contributed by atoms with van der Waals surface area (Å²) in [5.41, 5.74) is 0.951. The van der Waals surface area contributed by atoms with Gasteiger partial charge in [0, 0.05) is 0 Å². The molecule has 0 aromatic heterocycles. The Balaban J connectivity index is -0.000000963. The van der Waals surface area contributed by atoms with Crippen molar-refractivity contribution in [3.05, 3.63) is 20.8 Å². The summed E-state index contributed by atoms with van der Waals surface area (Å²) in [6.07, 6.45) is 1.93. The maximum absolute atomic E-state index is 11.4. The minimum Gasteiger partial charge on any atom is -0.147 e. The van der Waals surface area contributed by atoms with Crippen LogP contribution in [-0.2, 0) is 29.6 Å². The molecule has 0 fully saturated rings. The molecule has 0 heterocycles. The number of halogens is 3. The first-order valence-corrected chi connectivity index (χ1v) is 7.75. The molecule has 0 saturated carbocycles. The predicted octanol–water partition coefficient (Wildman–Crippen LogP) is 5.83. The van der Waals surface area contributed by atoms with E-state index < -0.39 is 7.68 Å². The van der Waals surface area contributed by atoms with Crippen molar-refractivity contribution in [2.24, 2.45) is 16.7 Å². The Hall–Kier alpha value is 0.964. The van der Waals surface area contributed by atoms with Gasteiger partial charge in [0.25, 0.3) is 0 Å². The van der Waals surface area contributed by atoms with Gasteiger partial charge < -0.3 is 0 Å². The summed E-state index contributed by atoms with van der Waals surface area (Å²) in [5.74, 6) is 0.222. The largest absolute Gasteiger partial charge is 0.147 e. The van der Waals surface area contributed by atoms with E-state index in [0.29, 0.717) is 5.31 Å². The summed E-state index contributed by atoms with van der Waals surface area (Å²) in [4.78, 5) is 0. The van der Waals surface area contributed by atoms with Crippen LogP contribution < -0.4 is 0 Å². The van der Waals surface area contributed by atoms with E-state index in [1.54, 1.807) is 0 Å². The Kier molecular flexibility index (Phi) is 11.1. The van der Waals surface area contributed by atoms with Crippen molar-refractivity contribution in [2.45, 2.75) is 41.5 Å². The molecule has 0 bridgehead atoms. The van der Waals surface area contributed by atoms with Gasteiger partial charge in [0.2, 0.25) is 0 Å². The van der Waals surface area contributed by atoms with Gasteiger partial charge >= 0.3 is 116 Å². The van der Waals surface area contributed by atoms with E-state index in [1.807, 2.05) is 6.08 Å². The standard InChI is InChI=1S/C13H20O2P.3ClH.Ti/c1-12(2,3)9-7-10(13(4,5)6)11(8-9)16(14)15;;;;/h8-9H,1-6H3;3*1H;. The number of hydrogen-bond donors (Lipinski definition) is 0. The monoisotopic (exact) mass is 395 g/mol. The Bertz CT molecular complexity index is 461. The molecule has 1 unspecified atom stereocenters. The minimum atomic E-state index is -2.50. The molecule has 2 nitrogen and oxygen atoms in total. The molecule has 1 aliphatic carbocycles. The Morgan fingerprint density at radius 2 is 1.40 bits per heavy atom. The van der Waals surface area contributed by atoms with Crippen LogP contribution in [0.3, 0.4) is 0 Å². The van der Waals surface area contributed by atoms with Gasteiger partial charge in [-0.1, -0.05) is 0 Å². The van der Waals surface area contributed by atoms with Crippen LogP contribution in [0.25, 0.3) is 0 Å². The van der Waals surface area contributed by atoms with E-state index in [4.69, 9.17) is 0 Å². The first-order chi connectivity index (χ1) is 7.46. The molecule has 0 aromatic rings. The molecule has 0 radical (unpaired) electrons. The van der Waals surface area contributed by atoms with E-state index in [9.17, 15) is 9.13 Å². The smallest absolute Gasteiger partial charge is 0.147 e. The summed E-state index contributed by atoms with van der Waals surface area (Å²) in [5, 5.41) is 0.532. The number of rotatable bonds is 1. The zero-order chi connectivity index (χ0) is 13.6. The van der Waals surface area contributed by atoms with Crippen molar-refractivity contribution < 1.29 is 29.6 Å². The molecule has 0 aromatic carbocycles. The van der Waals surface area contributed by atoms with Crippen LogP contribution in [0.1, 0.15) is 41.5 Å². The molecule has 0 amide bonds. The van der Waals surface area contributed by atoms with Gasteiger partial charge in [-0.25, -0.2) is 0 Å². The number of allylic oxidation sites excluding steroid dienone is 4. The van der Waals surface area contributed by atoms with E-state index in [0.717, 1.165) is 5.57 Å². The van der Waals surface area contributed by atoms with Gasteiger partial charge in [0.1, 0.15) is 0 Å². The molecule has 1 atom stereocenters. The Morgan fingerprint density at radius 1 is 1.00 bits per heavy atom. The fourth-order valence-electron chi connectivity index (χ4n) is 2.24. The second kappa shape index (κ2) is 8.56. The van der Waals surface area contributed by atoms with Crippen LogP contribution in [0, 0.1) is 16.7 Å². The quantitative estimate of drug-likeness (QED) is 0.413. The van der Waals surface area contributed by atoms with Crippen LogP contribution >= 0.6 is 44.9 Å². The van der Waals surface area contributed by atoms with Gasteiger partial charge in [-0.2, -0.15) is 0 Å². The molecule has 20 heavy (non-hydrogen) atoms. The van der Waals surface area contributed by atoms with Gasteiger partial charge in [-0.3, -0.25) is 0 Å². The first kappa shape index (κ1) is 25.9. The molecule has 7 heteroatoms. The molecule has 0 N–H and O–H groups in total. The van der Waals surface area contributed by atoms with Crippen molar-refractivity contribution in [1.29, 1.82) is 0 Å². The van der Waals surface area contributed by atoms with Crippen molar-refractivity contribution in [1.82, 2.24) is 0 Å². The van der Waals surface area contributed by atoms with Gasteiger partial charge in [-0.15, -0.1) is 37.2 Å². The summed E-state index contributed by atoms with van der Waals surface area (Å²) >= 11 is 2.07. The predicted molar refractivity (Wildman–Crippen MR) is 87.5 cm³/mol. The van der Waals surface area contributed by atoms with Crippen LogP contribution in [-0.4, -0.2) is 0 Å². The molecule has 1 rings (SSSR count). The number of hydrogen-bond acceptors (Lipinski definition) is 2. The van der Waals surface area contributed by atoms with E-state index in [2.05, 4.69) is 62.0 Å². The van der Waals surface area contributed by atoms with E-state index in [-0.39, 0.29) is 54.0 Å². The molecule has 0 aliphatic heterocycles. The minimum absolute atomic E-state index is 0. The van der Waals surface area contributed by atoms with Crippen LogP contribution in [0.5, 0.6) is 0 Å². The third kappa shape index (κ3) is 5.63. The Labute approximate surface area is 153 Å². The van der Waals surface area contributed by atoms with Crippen molar-refractivity contribution in [3.63, 3.8) is 0 Å². The second-order valence-corrected chi connectivity index (χ2v) is 8.53. The average molecular weight is 397 g/mol. The maximum atomic E-state index is 11.4. The van der Waals surface area contributed by atoms with E-state index in [1.165, 1.54) is 3.88 Å². The molecule has 117 valence electrons. The third-order valence-electron chi connectivity index (χ3n) is 3.04. The van der Waals surface area contributed by atoms with Crippen molar-refractivity contribution in [3.8, 4) is 0 Å². The topological polar surface area (TPSA) is 34.1 Å². The first-order valence-electron chi connectivity index (χ1n) is 5.79. The Morgan fingerprint density at radius 3 is 1.60 bits per heavy atom. The average Bonchev–Trinajstić information content (AvgIpc) is 2.40. The zero-order valence-corrected chi connectivity index (χ0v) is 17.5. The van der Waals surface area contributed by atoms with Crippen LogP contribution in [0.4, 0.5) is 0 Å². The molecular weight excluding hydrogens is 373 g/mol. The fraction of sp³-hybridized carbons (Fsp3) is 0.692. The molecule has 0 saturated heterocycles. The second-order valence-electron chi connectivity index (χ2n) is 6.69. The summed E-state index contributed by atoms with van der Waals surface area (Å²) < 4.78 is 24.0. The molecule has 0 spiro atoms. The zero-order valence-electron chi connectivity index (χ0n) is 12.6. The fourth-order valence-corrected chi connectivity index (χ4v) is 4.92. The summed E-state index contributed by atoms with van der Waals surface area (Å²) in [6.45, 7) is 12.7. The van der Waals surface area contributed by atoms with Crippen LogP contribution in [0.2, 0.25) is 0 Å². The van der Waals surface area contributed by atoms with Crippen molar-refractivity contribution in [2.75, 3.05) is 0 Å². The maximum Gasteiger partial charge on any atom is -0.147 e. The normalized spacial score (nSPS) is 18.4. The van der Waals surface area contributed by atoms with Gasteiger partial charge in [0.05, 0.1) is 0 Å². The third-order valence-corrected chi connectivity index (χ3v) is 4.68. The summed E-state index contributed by atoms with van der Waals surface area (Å²) in [6, 6.07) is 0. The van der Waals surface area contributed by atoms with Gasteiger partial charge in [0.15, 0.2) is 0 Å². The van der Waals surface area contributed by atoms with Gasteiger partial charge in [-0.05, 0) is 0 Å². The SMILES string of the molecule is CC(C)(C)C1=[C]([Ti])C(C(C)(C)C)C=C1P(=O)=O.Cl.Cl.Cl. The summed E-state index contributed by atoms with van der Waals surface area (Å²) in [7, 11) is -2.50. The molecule has 1 aliphatic rings. The van der Waals surface area contributed by atoms with Crippen LogP contribution in [0.15, 0.2) is 20.8 Å². The molecular formula is C13H23Cl3O2PTi. The van der Waals surface area contributed by atoms with E-state index >= 15 is 0 Å². The van der Waals surface area contributed by atoms with Crippen molar-refractivity contribution >= 4 is 44.9 Å².